The molecule has 0 aliphatic heterocycles. The van der Waals surface area contributed by atoms with Crippen LogP contribution in [-0.4, -0.2) is 40.3 Å². The molecular formula is C27H28N8O3. The maximum absolute atomic E-state index is 4.58. The van der Waals surface area contributed by atoms with Crippen LogP contribution in [0, 0.1) is 0 Å². The highest BCUT2D eigenvalue weighted by Crippen LogP contribution is 1.80. The van der Waals surface area contributed by atoms with E-state index in [0.717, 1.165) is 0 Å². The smallest absolute Gasteiger partial charge is 0.180 e. The summed E-state index contributed by atoms with van der Waals surface area (Å²) in [5.74, 6) is 0. The monoisotopic (exact) mass is 512 g/mol. The summed E-state index contributed by atoms with van der Waals surface area (Å²) in [6.45, 7) is 0. The predicted molar refractivity (Wildman–Crippen MR) is 141 cm³/mol. The Hall–Kier alpha value is -5.71. The van der Waals surface area contributed by atoms with Crippen LogP contribution in [0.1, 0.15) is 0 Å². The molecule has 194 valence electrons. The van der Waals surface area contributed by atoms with Gasteiger partial charge in [0.25, 0.3) is 0 Å². The summed E-state index contributed by atoms with van der Waals surface area (Å²) in [5.41, 5.74) is 0. The average molecular weight is 513 g/mol. The van der Waals surface area contributed by atoms with Crippen molar-refractivity contribution in [1.29, 1.82) is 0 Å². The fourth-order valence-electron chi connectivity index (χ4n) is 1.68. The summed E-state index contributed by atoms with van der Waals surface area (Å²) in [4.78, 5) is 17.5. The van der Waals surface area contributed by atoms with E-state index in [4.69, 9.17) is 0 Å². The first-order valence-corrected chi connectivity index (χ1v) is 11.0. The van der Waals surface area contributed by atoms with E-state index in [0.29, 0.717) is 0 Å². The molecule has 0 amide bonds. The highest BCUT2D eigenvalue weighted by Gasteiger charge is 1.62. The Bertz CT molecular complexity index is 863. The minimum atomic E-state index is 1.38. The Balaban J connectivity index is 0.000000222. The lowest BCUT2D eigenvalue weighted by Crippen LogP contribution is -1.69. The Kier molecular flexibility index (Phi) is 22.0. The summed E-state index contributed by atoms with van der Waals surface area (Å²) in [5, 5.41) is 10.4. The number of oxazole rings is 1. The van der Waals surface area contributed by atoms with Gasteiger partial charge in [-0.05, 0) is 60.7 Å². The number of hydrogen-bond acceptors (Lipinski definition) is 10. The molecule has 38 heavy (non-hydrogen) atoms. The Labute approximate surface area is 220 Å². The van der Waals surface area contributed by atoms with Crippen molar-refractivity contribution >= 4 is 0 Å². The number of aromatic amines is 1. The minimum absolute atomic E-state index is 1.38. The third-order valence-corrected chi connectivity index (χ3v) is 3.14. The number of furan rings is 1. The average Bonchev–Trinajstić information content (AvgIpc) is 3.88. The SMILES string of the molecule is c1cc[nH]c1.c1ccncc1.c1ccnnc1.c1ccoc1.c1cncnc1.c1cnoc1.c1cocn1. The molecule has 0 aromatic carbocycles. The van der Waals surface area contributed by atoms with Gasteiger partial charge < -0.3 is 18.3 Å². The van der Waals surface area contributed by atoms with Crippen LogP contribution in [-0.2, 0) is 0 Å². The van der Waals surface area contributed by atoms with E-state index in [1.165, 1.54) is 25.2 Å². The Morgan fingerprint density at radius 3 is 1.26 bits per heavy atom. The lowest BCUT2D eigenvalue weighted by atomic mass is 10.5. The van der Waals surface area contributed by atoms with Crippen molar-refractivity contribution in [3.63, 3.8) is 0 Å². The molecule has 0 atom stereocenters. The van der Waals surface area contributed by atoms with E-state index < -0.39 is 0 Å². The van der Waals surface area contributed by atoms with Crippen molar-refractivity contribution in [3.8, 4) is 0 Å². The van der Waals surface area contributed by atoms with Crippen molar-refractivity contribution in [1.82, 2.24) is 40.3 Å². The highest BCUT2D eigenvalue weighted by atomic mass is 16.5. The first-order chi connectivity index (χ1) is 19.0. The van der Waals surface area contributed by atoms with Crippen LogP contribution >= 0.6 is 0 Å². The third-order valence-electron chi connectivity index (χ3n) is 3.14. The molecule has 0 radical (unpaired) electrons. The van der Waals surface area contributed by atoms with Crippen LogP contribution in [0.4, 0.5) is 0 Å². The molecule has 0 spiro atoms. The molecule has 11 heteroatoms. The molecular weight excluding hydrogens is 484 g/mol. The van der Waals surface area contributed by atoms with E-state index >= 15 is 0 Å². The first kappa shape index (κ1) is 30.3. The van der Waals surface area contributed by atoms with Crippen LogP contribution < -0.4 is 0 Å². The lowest BCUT2D eigenvalue weighted by molar-refractivity contribution is 0.420. The molecule has 1 N–H and O–H groups in total. The lowest BCUT2D eigenvalue weighted by Gasteiger charge is -1.70. The van der Waals surface area contributed by atoms with Gasteiger partial charge in [0.2, 0.25) is 0 Å². The Morgan fingerprint density at radius 1 is 0.421 bits per heavy atom. The number of nitrogens with one attached hydrogen (secondary N) is 1. The van der Waals surface area contributed by atoms with Crippen molar-refractivity contribution < 1.29 is 13.4 Å². The zero-order chi connectivity index (χ0) is 26.9. The fraction of sp³-hybridized carbons (Fsp3) is 0. The van der Waals surface area contributed by atoms with Crippen molar-refractivity contribution in [2.75, 3.05) is 0 Å². The number of hydrogen-bond donors (Lipinski definition) is 1. The van der Waals surface area contributed by atoms with Gasteiger partial charge in [0.1, 0.15) is 18.9 Å². The van der Waals surface area contributed by atoms with Gasteiger partial charge in [0, 0.05) is 49.6 Å². The first-order valence-electron chi connectivity index (χ1n) is 11.0. The zero-order valence-electron chi connectivity index (χ0n) is 20.4. The number of aromatic nitrogens is 8. The topological polar surface area (TPSA) is 145 Å². The second-order valence-corrected chi connectivity index (χ2v) is 5.88. The molecule has 11 nitrogen and oxygen atoms in total. The van der Waals surface area contributed by atoms with Gasteiger partial charge in [-0.25, -0.2) is 15.0 Å². The number of pyridine rings is 1. The second kappa shape index (κ2) is 27.5. The number of rotatable bonds is 0. The molecule has 0 bridgehead atoms. The molecule has 0 unspecified atom stereocenters. The van der Waals surface area contributed by atoms with E-state index in [9.17, 15) is 0 Å². The summed E-state index contributed by atoms with van der Waals surface area (Å²) in [6, 6.07) is 20.4. The van der Waals surface area contributed by atoms with E-state index in [-0.39, 0.29) is 0 Å². The highest BCUT2D eigenvalue weighted by molar-refractivity contribution is 4.88. The summed E-state index contributed by atoms with van der Waals surface area (Å²) in [6.07, 6.45) is 26.2. The molecule has 7 rings (SSSR count). The van der Waals surface area contributed by atoms with Gasteiger partial charge in [-0.15, -0.1) is 0 Å². The minimum Gasteiger partial charge on any atom is -0.473 e. The summed E-state index contributed by atoms with van der Waals surface area (Å²) < 4.78 is 13.4. The third kappa shape index (κ3) is 24.9. The van der Waals surface area contributed by atoms with E-state index in [1.807, 2.05) is 67.0 Å². The van der Waals surface area contributed by atoms with Crippen LogP contribution in [0.5, 0.6) is 0 Å². The van der Waals surface area contributed by atoms with Crippen LogP contribution in [0.25, 0.3) is 0 Å². The quantitative estimate of drug-likeness (QED) is 0.269. The number of H-pyrrole nitrogens is 1. The molecule has 0 fully saturated rings. The van der Waals surface area contributed by atoms with Crippen LogP contribution in [0.15, 0.2) is 180 Å². The number of nitrogens with zero attached hydrogens (tertiary/aromatic N) is 7. The Morgan fingerprint density at radius 2 is 1.08 bits per heavy atom. The van der Waals surface area contributed by atoms with Crippen LogP contribution in [0.3, 0.4) is 0 Å². The van der Waals surface area contributed by atoms with Gasteiger partial charge in [0.15, 0.2) is 6.39 Å². The van der Waals surface area contributed by atoms with Gasteiger partial charge in [0.05, 0.1) is 24.9 Å². The maximum atomic E-state index is 4.58. The van der Waals surface area contributed by atoms with Crippen LogP contribution in [0.2, 0.25) is 0 Å². The zero-order valence-corrected chi connectivity index (χ0v) is 20.4. The van der Waals surface area contributed by atoms with Crippen molar-refractivity contribution in [3.05, 3.63) is 166 Å². The maximum Gasteiger partial charge on any atom is 0.180 e. The van der Waals surface area contributed by atoms with Crippen molar-refractivity contribution in [2.24, 2.45) is 0 Å². The van der Waals surface area contributed by atoms with Gasteiger partial charge >= 0.3 is 0 Å². The van der Waals surface area contributed by atoms with Gasteiger partial charge in [-0.2, -0.15) is 10.2 Å². The normalized spacial score (nSPS) is 8.00. The standard InChI is InChI=1S/C5H5N.2C4H4N2.C4H5N.C4H4O.2C3H3NO/c1-2-4-6-5-3-1;1-2-5-4-6-3-1;1-2-4-6-5-3-1;2*1-2-4-5-3-1;1-2-5-3-4-1;1-2-4-5-3-1/h1-5H;2*1-4H;1-5H;1-4H;2*1-3H. The fourth-order valence-corrected chi connectivity index (χ4v) is 1.68. The molecule has 7 heterocycles. The second-order valence-electron chi connectivity index (χ2n) is 5.88. The van der Waals surface area contributed by atoms with Crippen molar-refractivity contribution in [2.45, 2.75) is 0 Å². The van der Waals surface area contributed by atoms with E-state index in [1.54, 1.807) is 74.2 Å². The largest absolute Gasteiger partial charge is 0.473 e. The molecule has 0 aliphatic rings. The van der Waals surface area contributed by atoms with Gasteiger partial charge in [-0.1, -0.05) is 11.2 Å². The summed E-state index contributed by atoms with van der Waals surface area (Å²) in [7, 11) is 0. The molecule has 0 aliphatic carbocycles. The molecule has 7 aromatic rings. The van der Waals surface area contributed by atoms with Gasteiger partial charge in [-0.3, -0.25) is 4.98 Å². The summed E-state index contributed by atoms with van der Waals surface area (Å²) >= 11 is 0. The van der Waals surface area contributed by atoms with E-state index in [2.05, 4.69) is 53.6 Å². The molecule has 0 saturated heterocycles. The molecule has 0 saturated carbocycles. The predicted octanol–water partition coefficient (Wildman–Crippen LogP) is 5.68. The molecule has 7 aromatic heterocycles.